The molecule has 1 heterocycles. The summed E-state index contributed by atoms with van der Waals surface area (Å²) in [6.45, 7) is -0.203. The van der Waals surface area contributed by atoms with E-state index < -0.39 is 5.97 Å². The first kappa shape index (κ1) is 12.9. The first-order valence-electron chi connectivity index (χ1n) is 5.62. The maximum atomic E-state index is 10.6. The number of nitrogens with zero attached hydrogens (tertiary/aromatic N) is 1. The van der Waals surface area contributed by atoms with E-state index in [0.717, 1.165) is 10.8 Å². The number of benzene rings is 1. The molecule has 100 valence electrons. The Kier molecular flexibility index (Phi) is 3.70. The van der Waals surface area contributed by atoms with Crippen molar-refractivity contribution in [2.45, 2.75) is 0 Å². The molecule has 0 atom stereocenters. The zero-order chi connectivity index (χ0) is 13.8. The van der Waals surface area contributed by atoms with E-state index in [1.165, 1.54) is 0 Å². The molecule has 1 aromatic heterocycles. The van der Waals surface area contributed by atoms with Gasteiger partial charge in [-0.05, 0) is 12.1 Å². The molecule has 0 unspecified atom stereocenters. The van der Waals surface area contributed by atoms with Crippen molar-refractivity contribution >= 4 is 22.6 Å². The van der Waals surface area contributed by atoms with Crippen molar-refractivity contribution in [3.05, 3.63) is 24.4 Å². The van der Waals surface area contributed by atoms with Gasteiger partial charge in [-0.25, -0.2) is 4.98 Å². The molecule has 0 saturated carbocycles. The van der Waals surface area contributed by atoms with Gasteiger partial charge in [0.05, 0.1) is 14.2 Å². The largest absolute Gasteiger partial charge is 0.497 e. The second-order valence-electron chi connectivity index (χ2n) is 3.83. The Morgan fingerprint density at radius 3 is 2.74 bits per heavy atom. The van der Waals surface area contributed by atoms with E-state index in [-0.39, 0.29) is 6.54 Å². The van der Waals surface area contributed by atoms with E-state index in [1.54, 1.807) is 38.6 Å². The minimum absolute atomic E-state index is 0.203. The van der Waals surface area contributed by atoms with Gasteiger partial charge in [0.1, 0.15) is 23.9 Å². The maximum Gasteiger partial charge on any atom is 0.322 e. The first-order chi connectivity index (χ1) is 9.15. The number of nitrogens with one attached hydrogen (secondary N) is 1. The number of pyridine rings is 1. The molecule has 0 aliphatic rings. The number of ether oxygens (including phenoxy) is 2. The highest BCUT2D eigenvalue weighted by molar-refractivity contribution is 5.97. The minimum atomic E-state index is -0.950. The Labute approximate surface area is 110 Å². The van der Waals surface area contributed by atoms with Crippen LogP contribution >= 0.6 is 0 Å². The topological polar surface area (TPSA) is 80.7 Å². The monoisotopic (exact) mass is 262 g/mol. The normalized spacial score (nSPS) is 10.2. The van der Waals surface area contributed by atoms with Gasteiger partial charge in [0.2, 0.25) is 0 Å². The van der Waals surface area contributed by atoms with Crippen LogP contribution in [-0.2, 0) is 4.79 Å². The molecule has 1 aromatic carbocycles. The molecule has 6 nitrogen and oxygen atoms in total. The number of fused-ring (bicyclic) bond motifs is 1. The Morgan fingerprint density at radius 1 is 1.32 bits per heavy atom. The van der Waals surface area contributed by atoms with Crippen LogP contribution in [0.5, 0.6) is 11.5 Å². The zero-order valence-corrected chi connectivity index (χ0v) is 10.6. The van der Waals surface area contributed by atoms with Crippen molar-refractivity contribution in [1.82, 2.24) is 4.98 Å². The highest BCUT2D eigenvalue weighted by Crippen LogP contribution is 2.33. The van der Waals surface area contributed by atoms with Crippen LogP contribution in [0.3, 0.4) is 0 Å². The summed E-state index contributed by atoms with van der Waals surface area (Å²) in [6, 6.07) is 5.36. The van der Waals surface area contributed by atoms with E-state index in [9.17, 15) is 4.79 Å². The molecule has 6 heteroatoms. The number of carboxylic acids is 1. The van der Waals surface area contributed by atoms with Gasteiger partial charge in [-0.2, -0.15) is 0 Å². The lowest BCUT2D eigenvalue weighted by Gasteiger charge is -2.11. The predicted molar refractivity (Wildman–Crippen MR) is 71.0 cm³/mol. The van der Waals surface area contributed by atoms with E-state index in [1.807, 2.05) is 0 Å². The number of rotatable bonds is 5. The third kappa shape index (κ3) is 2.67. The van der Waals surface area contributed by atoms with Gasteiger partial charge in [-0.15, -0.1) is 0 Å². The molecule has 0 bridgehead atoms. The summed E-state index contributed by atoms with van der Waals surface area (Å²) in [7, 11) is 3.13. The number of carbonyl (C=O) groups is 1. The van der Waals surface area contributed by atoms with Crippen molar-refractivity contribution in [3.8, 4) is 11.5 Å². The van der Waals surface area contributed by atoms with Gasteiger partial charge in [-0.3, -0.25) is 4.79 Å². The standard InChI is InChI=1S/C13H14N2O4/c1-18-8-5-10-9(11(6-8)19-2)3-4-14-13(10)15-7-12(16)17/h3-6H,7H2,1-2H3,(H,14,15)(H,16,17). The van der Waals surface area contributed by atoms with Crippen LogP contribution in [0.2, 0.25) is 0 Å². The highest BCUT2D eigenvalue weighted by atomic mass is 16.5. The molecule has 2 aromatic rings. The molecule has 2 N–H and O–H groups in total. The molecule has 0 aliphatic heterocycles. The van der Waals surface area contributed by atoms with E-state index >= 15 is 0 Å². The van der Waals surface area contributed by atoms with Crippen LogP contribution in [0.25, 0.3) is 10.8 Å². The van der Waals surface area contributed by atoms with Crippen molar-refractivity contribution in [3.63, 3.8) is 0 Å². The highest BCUT2D eigenvalue weighted by Gasteiger charge is 2.10. The third-order valence-corrected chi connectivity index (χ3v) is 2.68. The van der Waals surface area contributed by atoms with E-state index in [0.29, 0.717) is 17.3 Å². The van der Waals surface area contributed by atoms with E-state index in [2.05, 4.69) is 10.3 Å². The van der Waals surface area contributed by atoms with Crippen LogP contribution in [0.15, 0.2) is 24.4 Å². The van der Waals surface area contributed by atoms with Crippen LogP contribution in [0.4, 0.5) is 5.82 Å². The summed E-state index contributed by atoms with van der Waals surface area (Å²) in [6.07, 6.45) is 1.60. The summed E-state index contributed by atoms with van der Waals surface area (Å²) in [5, 5.41) is 13.1. The third-order valence-electron chi connectivity index (χ3n) is 2.68. The molecule has 0 amide bonds. The van der Waals surface area contributed by atoms with Crippen LogP contribution < -0.4 is 14.8 Å². The molecule has 19 heavy (non-hydrogen) atoms. The second kappa shape index (κ2) is 5.43. The number of methoxy groups -OCH3 is 2. The lowest BCUT2D eigenvalue weighted by Crippen LogP contribution is -2.13. The van der Waals surface area contributed by atoms with Crippen molar-refractivity contribution in [2.24, 2.45) is 0 Å². The molecular formula is C13H14N2O4. The summed E-state index contributed by atoms with van der Waals surface area (Å²) in [5.74, 6) is 0.802. The zero-order valence-electron chi connectivity index (χ0n) is 10.6. The first-order valence-corrected chi connectivity index (χ1v) is 5.62. The lowest BCUT2D eigenvalue weighted by atomic mass is 10.1. The Morgan fingerprint density at radius 2 is 2.11 bits per heavy atom. The smallest absolute Gasteiger partial charge is 0.322 e. The summed E-state index contributed by atoms with van der Waals surface area (Å²) < 4.78 is 10.5. The molecule has 0 saturated heterocycles. The fraction of sp³-hybridized carbons (Fsp3) is 0.231. The SMILES string of the molecule is COc1cc(OC)c2ccnc(NCC(=O)O)c2c1. The molecule has 0 fully saturated rings. The maximum absolute atomic E-state index is 10.6. The fourth-order valence-electron chi connectivity index (χ4n) is 1.81. The van der Waals surface area contributed by atoms with Crippen LogP contribution in [0, 0.1) is 0 Å². The average molecular weight is 262 g/mol. The molecular weight excluding hydrogens is 248 g/mol. The minimum Gasteiger partial charge on any atom is -0.497 e. The van der Waals surface area contributed by atoms with Gasteiger partial charge < -0.3 is 19.9 Å². The van der Waals surface area contributed by atoms with E-state index in [4.69, 9.17) is 14.6 Å². The van der Waals surface area contributed by atoms with Crippen LogP contribution in [-0.4, -0.2) is 36.8 Å². The predicted octanol–water partition coefficient (Wildman–Crippen LogP) is 1.75. The second-order valence-corrected chi connectivity index (χ2v) is 3.83. The number of aliphatic carboxylic acids is 1. The summed E-state index contributed by atoms with van der Waals surface area (Å²) >= 11 is 0. The van der Waals surface area contributed by atoms with Gasteiger partial charge in [0.15, 0.2) is 0 Å². The van der Waals surface area contributed by atoms with Gasteiger partial charge >= 0.3 is 5.97 Å². The molecule has 0 radical (unpaired) electrons. The van der Waals surface area contributed by atoms with Crippen molar-refractivity contribution < 1.29 is 19.4 Å². The average Bonchev–Trinajstić information content (AvgIpc) is 2.43. The number of hydrogen-bond donors (Lipinski definition) is 2. The Bertz CT molecular complexity index is 613. The fourth-order valence-corrected chi connectivity index (χ4v) is 1.81. The number of carboxylic acid groups (broad SMARTS) is 1. The Balaban J connectivity index is 2.55. The number of aromatic nitrogens is 1. The quantitative estimate of drug-likeness (QED) is 0.854. The summed E-state index contributed by atoms with van der Waals surface area (Å²) in [5.41, 5.74) is 0. The number of anilines is 1. The van der Waals surface area contributed by atoms with Crippen LogP contribution in [0.1, 0.15) is 0 Å². The van der Waals surface area contributed by atoms with Crippen molar-refractivity contribution in [1.29, 1.82) is 0 Å². The summed E-state index contributed by atoms with van der Waals surface area (Å²) in [4.78, 5) is 14.8. The molecule has 2 rings (SSSR count). The Hall–Kier alpha value is -2.50. The number of hydrogen-bond acceptors (Lipinski definition) is 5. The van der Waals surface area contributed by atoms with Gasteiger partial charge in [0, 0.05) is 23.0 Å². The van der Waals surface area contributed by atoms with Gasteiger partial charge in [-0.1, -0.05) is 0 Å². The molecule has 0 aliphatic carbocycles. The van der Waals surface area contributed by atoms with Crippen molar-refractivity contribution in [2.75, 3.05) is 26.1 Å². The molecule has 0 spiro atoms. The van der Waals surface area contributed by atoms with Gasteiger partial charge in [0.25, 0.3) is 0 Å². The lowest BCUT2D eigenvalue weighted by molar-refractivity contribution is -0.134.